The molecule has 2 aromatic carbocycles. The third kappa shape index (κ3) is 5.11. The van der Waals surface area contributed by atoms with Crippen molar-refractivity contribution in [3.8, 4) is 0 Å². The standard InChI is InChI=1S/C24H28N4O2S/c1-2-20(17-9-5-3-6-10-17)22-26-27-23(31-22)25-24(30)28-15-13-19(14-16-28)21(29)18-11-7-4-8-12-18/h3-12,19-21,29H,2,13-16H2,1H3,(H,25,27,30). The smallest absolute Gasteiger partial charge is 0.323 e. The summed E-state index contributed by atoms with van der Waals surface area (Å²) in [5.41, 5.74) is 2.15. The van der Waals surface area contributed by atoms with Gasteiger partial charge in [0, 0.05) is 19.0 Å². The van der Waals surface area contributed by atoms with E-state index in [1.165, 1.54) is 16.9 Å². The fourth-order valence-corrected chi connectivity index (χ4v) is 5.12. The van der Waals surface area contributed by atoms with Gasteiger partial charge in [-0.2, -0.15) is 0 Å². The lowest BCUT2D eigenvalue weighted by atomic mass is 9.87. The molecule has 2 atom stereocenters. The molecule has 2 N–H and O–H groups in total. The van der Waals surface area contributed by atoms with E-state index in [2.05, 4.69) is 34.6 Å². The molecule has 2 unspecified atom stereocenters. The molecule has 3 aromatic rings. The number of benzene rings is 2. The van der Waals surface area contributed by atoms with Gasteiger partial charge in [-0.05, 0) is 36.3 Å². The molecule has 1 aliphatic rings. The van der Waals surface area contributed by atoms with Crippen LogP contribution in [0.2, 0.25) is 0 Å². The summed E-state index contributed by atoms with van der Waals surface area (Å²) >= 11 is 1.43. The number of aliphatic hydroxyl groups is 1. The number of likely N-dealkylation sites (tertiary alicyclic amines) is 1. The van der Waals surface area contributed by atoms with Crippen LogP contribution in [0.15, 0.2) is 60.7 Å². The van der Waals surface area contributed by atoms with Crippen LogP contribution in [0.25, 0.3) is 0 Å². The second-order valence-corrected chi connectivity index (χ2v) is 8.94. The van der Waals surface area contributed by atoms with Crippen molar-refractivity contribution in [1.82, 2.24) is 15.1 Å². The normalized spacial score (nSPS) is 16.6. The highest BCUT2D eigenvalue weighted by Gasteiger charge is 2.29. The van der Waals surface area contributed by atoms with Crippen molar-refractivity contribution in [3.05, 3.63) is 76.8 Å². The predicted octanol–water partition coefficient (Wildman–Crippen LogP) is 5.06. The second kappa shape index (κ2) is 10.0. The molecule has 0 spiro atoms. The Labute approximate surface area is 187 Å². The number of anilines is 1. The Balaban J connectivity index is 1.32. The Morgan fingerprint density at radius 2 is 1.68 bits per heavy atom. The average molecular weight is 437 g/mol. The van der Waals surface area contributed by atoms with E-state index in [1.807, 2.05) is 48.5 Å². The summed E-state index contributed by atoms with van der Waals surface area (Å²) in [5.74, 6) is 0.343. The number of hydrogen-bond donors (Lipinski definition) is 2. The first-order valence-electron chi connectivity index (χ1n) is 10.8. The van der Waals surface area contributed by atoms with Crippen molar-refractivity contribution in [2.75, 3.05) is 18.4 Å². The zero-order chi connectivity index (χ0) is 21.6. The molecule has 162 valence electrons. The summed E-state index contributed by atoms with van der Waals surface area (Å²) in [6.07, 6.45) is 1.98. The molecule has 0 radical (unpaired) electrons. The minimum atomic E-state index is -0.485. The SMILES string of the molecule is CCC(c1ccccc1)c1nnc(NC(=O)N2CCC(C(O)c3ccccc3)CC2)s1. The Morgan fingerprint density at radius 3 is 2.29 bits per heavy atom. The maximum atomic E-state index is 12.7. The average Bonchev–Trinajstić information content (AvgIpc) is 3.28. The van der Waals surface area contributed by atoms with Crippen LogP contribution < -0.4 is 5.32 Å². The van der Waals surface area contributed by atoms with Crippen LogP contribution in [0.1, 0.15) is 54.3 Å². The summed E-state index contributed by atoms with van der Waals surface area (Å²) in [6, 6.07) is 19.9. The van der Waals surface area contributed by atoms with Gasteiger partial charge in [0.05, 0.1) is 6.10 Å². The number of carbonyl (C=O) groups is 1. The Hall–Kier alpha value is -2.77. The van der Waals surface area contributed by atoms with Gasteiger partial charge in [0.1, 0.15) is 5.01 Å². The van der Waals surface area contributed by atoms with Gasteiger partial charge >= 0.3 is 6.03 Å². The minimum Gasteiger partial charge on any atom is -0.388 e. The lowest BCUT2D eigenvalue weighted by molar-refractivity contribution is 0.0683. The molecule has 4 rings (SSSR count). The summed E-state index contributed by atoms with van der Waals surface area (Å²) in [5, 5.41) is 23.5. The van der Waals surface area contributed by atoms with E-state index in [0.717, 1.165) is 29.8 Å². The summed E-state index contributed by atoms with van der Waals surface area (Å²) in [7, 11) is 0. The van der Waals surface area contributed by atoms with Gasteiger partial charge in [0.15, 0.2) is 0 Å². The maximum Gasteiger partial charge on any atom is 0.323 e. The van der Waals surface area contributed by atoms with Crippen LogP contribution in [0.3, 0.4) is 0 Å². The van der Waals surface area contributed by atoms with Crippen LogP contribution >= 0.6 is 11.3 Å². The molecule has 1 aromatic heterocycles. The van der Waals surface area contributed by atoms with Crippen LogP contribution in [-0.2, 0) is 0 Å². The van der Waals surface area contributed by atoms with Crippen LogP contribution in [0.4, 0.5) is 9.93 Å². The first-order valence-corrected chi connectivity index (χ1v) is 11.6. The minimum absolute atomic E-state index is 0.150. The highest BCUT2D eigenvalue weighted by Crippen LogP contribution is 2.33. The van der Waals surface area contributed by atoms with E-state index >= 15 is 0 Å². The lowest BCUT2D eigenvalue weighted by Crippen LogP contribution is -2.42. The zero-order valence-corrected chi connectivity index (χ0v) is 18.5. The summed E-state index contributed by atoms with van der Waals surface area (Å²) in [6.45, 7) is 3.37. The largest absolute Gasteiger partial charge is 0.388 e. The molecule has 7 heteroatoms. The van der Waals surface area contributed by atoms with Crippen molar-refractivity contribution in [2.24, 2.45) is 5.92 Å². The van der Waals surface area contributed by atoms with E-state index in [0.29, 0.717) is 18.2 Å². The van der Waals surface area contributed by atoms with Gasteiger partial charge in [-0.15, -0.1) is 10.2 Å². The van der Waals surface area contributed by atoms with Gasteiger partial charge < -0.3 is 10.0 Å². The number of aliphatic hydroxyl groups excluding tert-OH is 1. The van der Waals surface area contributed by atoms with Gasteiger partial charge in [0.25, 0.3) is 0 Å². The first kappa shape index (κ1) is 21.5. The monoisotopic (exact) mass is 436 g/mol. The Kier molecular flexibility index (Phi) is 6.94. The predicted molar refractivity (Wildman–Crippen MR) is 123 cm³/mol. The molecule has 2 heterocycles. The topological polar surface area (TPSA) is 78.4 Å². The Morgan fingerprint density at radius 1 is 1.06 bits per heavy atom. The number of nitrogens with zero attached hydrogens (tertiary/aromatic N) is 3. The molecule has 6 nitrogen and oxygen atoms in total. The summed E-state index contributed by atoms with van der Waals surface area (Å²) in [4.78, 5) is 14.5. The van der Waals surface area contributed by atoms with Crippen molar-refractivity contribution < 1.29 is 9.90 Å². The van der Waals surface area contributed by atoms with E-state index < -0.39 is 6.10 Å². The van der Waals surface area contributed by atoms with E-state index in [1.54, 1.807) is 4.90 Å². The third-order valence-electron chi connectivity index (χ3n) is 5.98. The van der Waals surface area contributed by atoms with Crippen LogP contribution in [-0.4, -0.2) is 39.3 Å². The lowest BCUT2D eigenvalue weighted by Gasteiger charge is -2.34. The van der Waals surface area contributed by atoms with Crippen molar-refractivity contribution >= 4 is 22.5 Å². The molecule has 0 aliphatic carbocycles. The summed E-state index contributed by atoms with van der Waals surface area (Å²) < 4.78 is 0. The third-order valence-corrected chi connectivity index (χ3v) is 6.93. The number of hydrogen-bond acceptors (Lipinski definition) is 5. The number of nitrogens with one attached hydrogen (secondary N) is 1. The molecule has 1 saturated heterocycles. The molecule has 0 bridgehead atoms. The van der Waals surface area contributed by atoms with Crippen molar-refractivity contribution in [3.63, 3.8) is 0 Å². The molecule has 1 fully saturated rings. The van der Waals surface area contributed by atoms with E-state index in [4.69, 9.17) is 0 Å². The second-order valence-electron chi connectivity index (χ2n) is 7.93. The number of aromatic nitrogens is 2. The quantitative estimate of drug-likeness (QED) is 0.566. The van der Waals surface area contributed by atoms with Crippen molar-refractivity contribution in [1.29, 1.82) is 0 Å². The molecule has 2 amide bonds. The number of rotatable bonds is 6. The maximum absolute atomic E-state index is 12.7. The first-order chi connectivity index (χ1) is 15.2. The number of piperidine rings is 1. The molecular weight excluding hydrogens is 408 g/mol. The fraction of sp³-hybridized carbons (Fsp3) is 0.375. The van der Waals surface area contributed by atoms with Crippen LogP contribution in [0, 0.1) is 5.92 Å². The number of carbonyl (C=O) groups excluding carboxylic acids is 1. The number of amides is 2. The van der Waals surface area contributed by atoms with Crippen LogP contribution in [0.5, 0.6) is 0 Å². The van der Waals surface area contributed by atoms with Gasteiger partial charge in [-0.3, -0.25) is 5.32 Å². The molecule has 31 heavy (non-hydrogen) atoms. The highest BCUT2D eigenvalue weighted by molar-refractivity contribution is 7.15. The van der Waals surface area contributed by atoms with E-state index in [-0.39, 0.29) is 17.9 Å². The Bertz CT molecular complexity index is 972. The van der Waals surface area contributed by atoms with E-state index in [9.17, 15) is 9.90 Å². The van der Waals surface area contributed by atoms with Gasteiger partial charge in [-0.25, -0.2) is 4.79 Å². The van der Waals surface area contributed by atoms with Gasteiger partial charge in [-0.1, -0.05) is 78.9 Å². The molecular formula is C24H28N4O2S. The fourth-order valence-electron chi connectivity index (χ4n) is 4.18. The number of urea groups is 1. The molecule has 0 saturated carbocycles. The van der Waals surface area contributed by atoms with Crippen molar-refractivity contribution in [2.45, 2.75) is 38.2 Å². The zero-order valence-electron chi connectivity index (χ0n) is 17.6. The highest BCUT2D eigenvalue weighted by atomic mass is 32.1. The molecule has 1 aliphatic heterocycles. The van der Waals surface area contributed by atoms with Gasteiger partial charge in [0.2, 0.25) is 5.13 Å².